The molecule has 1 nitrogen and oxygen atoms in total. The van der Waals surface area contributed by atoms with Crippen molar-refractivity contribution in [1.29, 1.82) is 0 Å². The Morgan fingerprint density at radius 3 is 2.09 bits per heavy atom. The Hall–Kier alpha value is -0.0400. The lowest BCUT2D eigenvalue weighted by molar-refractivity contribution is 0.0568. The van der Waals surface area contributed by atoms with Crippen LogP contribution in [0.15, 0.2) is 0 Å². The van der Waals surface area contributed by atoms with E-state index in [-0.39, 0.29) is 0 Å². The quantitative estimate of drug-likeness (QED) is 0.567. The molecule has 1 saturated heterocycles. The minimum absolute atomic E-state index is 0.384. The molecule has 1 heteroatoms. The molecule has 0 amide bonds. The third-order valence-electron chi connectivity index (χ3n) is 3.03. The van der Waals surface area contributed by atoms with Gasteiger partial charge in [0.2, 0.25) is 0 Å². The number of hydrogen-bond donors (Lipinski definition) is 0. The van der Waals surface area contributed by atoms with Crippen molar-refractivity contribution in [2.45, 2.75) is 40.7 Å². The van der Waals surface area contributed by atoms with Gasteiger partial charge in [-0.1, -0.05) is 34.6 Å². The summed E-state index contributed by atoms with van der Waals surface area (Å²) in [4.78, 5) is 0. The molecule has 1 aliphatic heterocycles. The van der Waals surface area contributed by atoms with Gasteiger partial charge in [-0.05, 0) is 17.3 Å². The highest BCUT2D eigenvalue weighted by Crippen LogP contribution is 2.40. The van der Waals surface area contributed by atoms with Crippen LogP contribution in [0.3, 0.4) is 0 Å². The van der Waals surface area contributed by atoms with Crippen molar-refractivity contribution >= 4 is 0 Å². The maximum Gasteiger partial charge on any atom is 0.0629 e. The summed E-state index contributed by atoms with van der Waals surface area (Å²) in [6.45, 7) is 12.3. The third-order valence-corrected chi connectivity index (χ3v) is 3.03. The molecule has 0 spiro atoms. The Balaban J connectivity index is 2.63. The largest absolute Gasteiger partial charge is 0.377 e. The van der Waals surface area contributed by atoms with Crippen LogP contribution >= 0.6 is 0 Å². The first-order valence-corrected chi connectivity index (χ1v) is 4.57. The van der Waals surface area contributed by atoms with Gasteiger partial charge in [0.15, 0.2) is 0 Å². The maximum absolute atomic E-state index is 5.74. The molecule has 1 aliphatic rings. The van der Waals surface area contributed by atoms with Crippen LogP contribution in [0.4, 0.5) is 0 Å². The summed E-state index contributed by atoms with van der Waals surface area (Å²) in [5, 5.41) is 0. The predicted octanol–water partition coefficient (Wildman–Crippen LogP) is 2.70. The van der Waals surface area contributed by atoms with Gasteiger partial charge in [-0.2, -0.15) is 0 Å². The van der Waals surface area contributed by atoms with Crippen molar-refractivity contribution in [2.24, 2.45) is 17.3 Å². The Morgan fingerprint density at radius 1 is 1.36 bits per heavy atom. The molecule has 1 heterocycles. The average molecular weight is 156 g/mol. The minimum atomic E-state index is 0.384. The van der Waals surface area contributed by atoms with E-state index in [2.05, 4.69) is 34.6 Å². The fourth-order valence-corrected chi connectivity index (χ4v) is 1.80. The topological polar surface area (TPSA) is 9.23 Å². The molecule has 0 aromatic rings. The first kappa shape index (κ1) is 9.05. The zero-order chi connectivity index (χ0) is 8.65. The monoisotopic (exact) mass is 156 g/mol. The zero-order valence-corrected chi connectivity index (χ0v) is 8.35. The summed E-state index contributed by atoms with van der Waals surface area (Å²) < 4.78 is 5.74. The molecule has 0 aliphatic carbocycles. The highest BCUT2D eigenvalue weighted by molar-refractivity contribution is 4.88. The second-order valence-electron chi connectivity index (χ2n) is 4.80. The summed E-state index contributed by atoms with van der Waals surface area (Å²) in [7, 11) is 0. The molecule has 0 saturated carbocycles. The summed E-state index contributed by atoms with van der Waals surface area (Å²) in [5.74, 6) is 1.36. The van der Waals surface area contributed by atoms with Gasteiger partial charge in [0.25, 0.3) is 0 Å². The Kier molecular flexibility index (Phi) is 2.29. The van der Waals surface area contributed by atoms with Gasteiger partial charge in [0.1, 0.15) is 0 Å². The zero-order valence-electron chi connectivity index (χ0n) is 8.35. The lowest BCUT2D eigenvalue weighted by atomic mass is 9.77. The van der Waals surface area contributed by atoms with Crippen LogP contribution in [0, 0.1) is 17.3 Å². The van der Waals surface area contributed by atoms with E-state index < -0.39 is 0 Å². The summed E-state index contributed by atoms with van der Waals surface area (Å²) in [5.41, 5.74) is 0.384. The SMILES string of the molecule is CC(C)[C@H]1OCC(C)(C)[C@H]1C. The van der Waals surface area contributed by atoms with Gasteiger partial charge in [-0.3, -0.25) is 0 Å². The van der Waals surface area contributed by atoms with E-state index in [0.29, 0.717) is 23.4 Å². The number of hydrogen-bond acceptors (Lipinski definition) is 1. The summed E-state index contributed by atoms with van der Waals surface area (Å²) >= 11 is 0. The molecule has 0 radical (unpaired) electrons. The second kappa shape index (κ2) is 2.78. The molecule has 0 aromatic heterocycles. The van der Waals surface area contributed by atoms with Gasteiger partial charge in [0.05, 0.1) is 12.7 Å². The number of ether oxygens (including phenoxy) is 1. The van der Waals surface area contributed by atoms with E-state index in [1.165, 1.54) is 0 Å². The molecule has 0 unspecified atom stereocenters. The van der Waals surface area contributed by atoms with E-state index in [9.17, 15) is 0 Å². The normalized spacial score (nSPS) is 36.5. The molecule has 2 atom stereocenters. The minimum Gasteiger partial charge on any atom is -0.377 e. The lowest BCUT2D eigenvalue weighted by Gasteiger charge is -2.25. The molecular formula is C10H20O. The molecule has 1 fully saturated rings. The van der Waals surface area contributed by atoms with Crippen LogP contribution in [0.1, 0.15) is 34.6 Å². The second-order valence-corrected chi connectivity index (χ2v) is 4.80. The smallest absolute Gasteiger partial charge is 0.0629 e. The first-order valence-electron chi connectivity index (χ1n) is 4.57. The van der Waals surface area contributed by atoms with Crippen LogP contribution in [0.5, 0.6) is 0 Å². The van der Waals surface area contributed by atoms with Crippen molar-refractivity contribution < 1.29 is 4.74 Å². The van der Waals surface area contributed by atoms with Crippen LogP contribution in [0.25, 0.3) is 0 Å². The Bertz CT molecular complexity index is 138. The van der Waals surface area contributed by atoms with Crippen molar-refractivity contribution in [3.63, 3.8) is 0 Å². The highest BCUT2D eigenvalue weighted by atomic mass is 16.5. The van der Waals surface area contributed by atoms with E-state index in [4.69, 9.17) is 4.74 Å². The molecule has 1 rings (SSSR count). The Morgan fingerprint density at radius 2 is 1.91 bits per heavy atom. The molecule has 0 aromatic carbocycles. The van der Waals surface area contributed by atoms with Gasteiger partial charge < -0.3 is 4.74 Å². The predicted molar refractivity (Wildman–Crippen MR) is 47.5 cm³/mol. The average Bonchev–Trinajstić information content (AvgIpc) is 2.09. The van der Waals surface area contributed by atoms with Gasteiger partial charge in [0, 0.05) is 0 Å². The molecular weight excluding hydrogens is 136 g/mol. The third kappa shape index (κ3) is 1.58. The van der Waals surface area contributed by atoms with E-state index >= 15 is 0 Å². The van der Waals surface area contributed by atoms with E-state index in [1.807, 2.05) is 0 Å². The summed E-state index contributed by atoms with van der Waals surface area (Å²) in [6.07, 6.45) is 0.477. The fourth-order valence-electron chi connectivity index (χ4n) is 1.80. The van der Waals surface area contributed by atoms with Crippen molar-refractivity contribution in [1.82, 2.24) is 0 Å². The summed E-state index contributed by atoms with van der Waals surface area (Å²) in [6, 6.07) is 0. The number of rotatable bonds is 1. The lowest BCUT2D eigenvalue weighted by Crippen LogP contribution is -2.26. The molecule has 0 N–H and O–H groups in total. The molecule has 11 heavy (non-hydrogen) atoms. The van der Waals surface area contributed by atoms with Crippen LogP contribution in [0.2, 0.25) is 0 Å². The van der Waals surface area contributed by atoms with Crippen LogP contribution < -0.4 is 0 Å². The molecule has 66 valence electrons. The first-order chi connectivity index (χ1) is 4.95. The maximum atomic E-state index is 5.74. The highest BCUT2D eigenvalue weighted by Gasteiger charge is 2.40. The van der Waals surface area contributed by atoms with Gasteiger partial charge in [-0.25, -0.2) is 0 Å². The fraction of sp³-hybridized carbons (Fsp3) is 1.00. The standard InChI is InChI=1S/C10H20O/c1-7(2)9-8(3)10(4,5)6-11-9/h7-9H,6H2,1-5H3/t8-,9+/m0/s1. The van der Waals surface area contributed by atoms with Crippen molar-refractivity contribution in [2.75, 3.05) is 6.61 Å². The van der Waals surface area contributed by atoms with Gasteiger partial charge >= 0.3 is 0 Å². The van der Waals surface area contributed by atoms with E-state index in [0.717, 1.165) is 6.61 Å². The van der Waals surface area contributed by atoms with Crippen LogP contribution in [-0.4, -0.2) is 12.7 Å². The van der Waals surface area contributed by atoms with E-state index in [1.54, 1.807) is 0 Å². The van der Waals surface area contributed by atoms with Crippen molar-refractivity contribution in [3.8, 4) is 0 Å². The van der Waals surface area contributed by atoms with Gasteiger partial charge in [-0.15, -0.1) is 0 Å². The molecule has 0 bridgehead atoms. The Labute approximate surface area is 70.1 Å². The van der Waals surface area contributed by atoms with Crippen LogP contribution in [-0.2, 0) is 4.74 Å². The van der Waals surface area contributed by atoms with Crippen molar-refractivity contribution in [3.05, 3.63) is 0 Å².